The molecule has 0 atom stereocenters. The third-order valence-electron chi connectivity index (χ3n) is 6.84. The number of hydrogen-bond acceptors (Lipinski definition) is 2. The molecule has 0 saturated heterocycles. The number of carbonyl (C=O) groups is 2. The van der Waals surface area contributed by atoms with Crippen LogP contribution >= 0.6 is 0 Å². The Morgan fingerprint density at radius 1 is 0.429 bits per heavy atom. The Morgan fingerprint density at radius 2 is 0.762 bits per heavy atom. The van der Waals surface area contributed by atoms with Gasteiger partial charge in [0, 0.05) is 12.5 Å². The van der Waals surface area contributed by atoms with E-state index in [1.165, 1.54) is 122 Å². The fraction of sp³-hybridized carbons (Fsp3) is 0.632. The highest BCUT2D eigenvalue weighted by molar-refractivity contribution is 5.80. The first-order valence-electron chi connectivity index (χ1n) is 17.0. The summed E-state index contributed by atoms with van der Waals surface area (Å²) in [6, 6.07) is 0. The van der Waals surface area contributed by atoms with Crippen LogP contribution in [0.2, 0.25) is 0 Å². The van der Waals surface area contributed by atoms with Gasteiger partial charge in [-0.05, 0) is 19.3 Å². The van der Waals surface area contributed by atoms with Crippen LogP contribution in [0, 0.1) is 0 Å². The van der Waals surface area contributed by atoms with E-state index in [2.05, 4.69) is 26.0 Å². The Balaban J connectivity index is 0. The zero-order valence-corrected chi connectivity index (χ0v) is 27.2. The Labute approximate surface area is 259 Å². The molecule has 0 aromatic rings. The van der Waals surface area contributed by atoms with Crippen molar-refractivity contribution in [2.75, 3.05) is 0 Å². The third-order valence-corrected chi connectivity index (χ3v) is 6.84. The maximum absolute atomic E-state index is 10.3. The predicted octanol–water partition coefficient (Wildman–Crippen LogP) is 12.1. The minimum atomic E-state index is -0.936. The van der Waals surface area contributed by atoms with Gasteiger partial charge in [-0.1, -0.05) is 196 Å². The highest BCUT2D eigenvalue weighted by atomic mass is 16.4. The largest absolute Gasteiger partial charge is 0.481 e. The van der Waals surface area contributed by atoms with Gasteiger partial charge in [0.15, 0.2) is 0 Å². The van der Waals surface area contributed by atoms with Crippen LogP contribution < -0.4 is 0 Å². The quantitative estimate of drug-likeness (QED) is 0.0545. The van der Waals surface area contributed by atoms with Gasteiger partial charge in [-0.25, -0.2) is 4.79 Å². The van der Waals surface area contributed by atoms with Gasteiger partial charge in [-0.15, -0.1) is 0 Å². The lowest BCUT2D eigenvalue weighted by Gasteiger charge is -2.02. The standard InChI is InChI=1S/C22H32O2.C16H32O2/c1-2-3-4-5-6-7-8-9-10-11-12-13-14-15-16-17-18-19-20-21-22(23)24;1-2-3-4-5-6-7-8-9-10-11-12-13-14-15-16(17)18/h10-21H,2-9H2,1H3,(H,23,24);2-15H2,1H3,(H,17,18). The molecular formula is C38H64O4. The molecule has 4 nitrogen and oxygen atoms in total. The summed E-state index contributed by atoms with van der Waals surface area (Å²) in [5.41, 5.74) is 0. The summed E-state index contributed by atoms with van der Waals surface area (Å²) in [5, 5.41) is 16.9. The van der Waals surface area contributed by atoms with Gasteiger partial charge in [-0.3, -0.25) is 4.79 Å². The molecule has 240 valence electrons. The van der Waals surface area contributed by atoms with Crippen molar-refractivity contribution in [2.24, 2.45) is 0 Å². The lowest BCUT2D eigenvalue weighted by atomic mass is 10.0. The van der Waals surface area contributed by atoms with Gasteiger partial charge in [0.2, 0.25) is 0 Å². The summed E-state index contributed by atoms with van der Waals surface area (Å²) in [5.74, 6) is -1.59. The molecule has 2 N–H and O–H groups in total. The van der Waals surface area contributed by atoms with Crippen LogP contribution in [-0.4, -0.2) is 22.2 Å². The molecule has 0 radical (unpaired) electrons. The van der Waals surface area contributed by atoms with Crippen molar-refractivity contribution in [2.45, 2.75) is 155 Å². The van der Waals surface area contributed by atoms with E-state index in [1.807, 2.05) is 36.5 Å². The molecule has 0 aliphatic heterocycles. The summed E-state index contributed by atoms with van der Waals surface area (Å²) < 4.78 is 0. The molecule has 0 aliphatic rings. The first-order valence-corrected chi connectivity index (χ1v) is 17.0. The Kier molecular flexibility index (Phi) is 37.9. The molecule has 0 heterocycles. The lowest BCUT2D eigenvalue weighted by Crippen LogP contribution is -1.93. The Hall–Kier alpha value is -2.62. The van der Waals surface area contributed by atoms with Crippen molar-refractivity contribution in [1.29, 1.82) is 0 Å². The van der Waals surface area contributed by atoms with Gasteiger partial charge in [0.1, 0.15) is 0 Å². The lowest BCUT2D eigenvalue weighted by molar-refractivity contribution is -0.137. The molecule has 0 aliphatic carbocycles. The summed E-state index contributed by atoms with van der Waals surface area (Å²) in [7, 11) is 0. The molecule has 0 unspecified atom stereocenters. The first kappa shape index (κ1) is 41.5. The molecule has 0 amide bonds. The minimum Gasteiger partial charge on any atom is -0.481 e. The van der Waals surface area contributed by atoms with E-state index in [0.29, 0.717) is 6.42 Å². The summed E-state index contributed by atoms with van der Waals surface area (Å²) in [4.78, 5) is 20.5. The molecule has 4 heteroatoms. The van der Waals surface area contributed by atoms with Crippen LogP contribution in [0.15, 0.2) is 72.9 Å². The molecule has 0 rings (SSSR count). The summed E-state index contributed by atoms with van der Waals surface area (Å²) >= 11 is 0. The summed E-state index contributed by atoms with van der Waals surface area (Å²) in [6.45, 7) is 4.51. The number of rotatable bonds is 28. The fourth-order valence-electron chi connectivity index (χ4n) is 4.34. The maximum Gasteiger partial charge on any atom is 0.328 e. The monoisotopic (exact) mass is 584 g/mol. The van der Waals surface area contributed by atoms with E-state index in [9.17, 15) is 9.59 Å². The predicted molar refractivity (Wildman–Crippen MR) is 183 cm³/mol. The third kappa shape index (κ3) is 44.4. The number of carboxylic acids is 2. The van der Waals surface area contributed by atoms with Crippen molar-refractivity contribution in [3.8, 4) is 0 Å². The zero-order chi connectivity index (χ0) is 31.2. The van der Waals surface area contributed by atoms with Crippen molar-refractivity contribution < 1.29 is 19.8 Å². The molecular weight excluding hydrogens is 520 g/mol. The van der Waals surface area contributed by atoms with Crippen LogP contribution in [0.5, 0.6) is 0 Å². The molecule has 0 aromatic carbocycles. The van der Waals surface area contributed by atoms with Gasteiger partial charge in [0.25, 0.3) is 0 Å². The van der Waals surface area contributed by atoms with E-state index in [4.69, 9.17) is 10.2 Å². The van der Waals surface area contributed by atoms with Crippen molar-refractivity contribution in [3.05, 3.63) is 72.9 Å². The first-order chi connectivity index (χ1) is 20.5. The van der Waals surface area contributed by atoms with Crippen molar-refractivity contribution in [3.63, 3.8) is 0 Å². The van der Waals surface area contributed by atoms with Gasteiger partial charge >= 0.3 is 11.9 Å². The fourth-order valence-corrected chi connectivity index (χ4v) is 4.34. The minimum absolute atomic E-state index is 0.345. The zero-order valence-electron chi connectivity index (χ0n) is 27.2. The van der Waals surface area contributed by atoms with Crippen LogP contribution in [0.1, 0.15) is 155 Å². The maximum atomic E-state index is 10.3. The van der Waals surface area contributed by atoms with Crippen molar-refractivity contribution in [1.82, 2.24) is 0 Å². The molecule has 42 heavy (non-hydrogen) atoms. The van der Waals surface area contributed by atoms with Gasteiger partial charge in [-0.2, -0.15) is 0 Å². The van der Waals surface area contributed by atoms with E-state index < -0.39 is 11.9 Å². The second kappa shape index (κ2) is 38.4. The number of unbranched alkanes of at least 4 members (excludes halogenated alkanes) is 19. The molecule has 0 bridgehead atoms. The molecule has 0 aromatic heterocycles. The van der Waals surface area contributed by atoms with Crippen LogP contribution in [-0.2, 0) is 9.59 Å². The van der Waals surface area contributed by atoms with Crippen LogP contribution in [0.4, 0.5) is 0 Å². The van der Waals surface area contributed by atoms with Crippen LogP contribution in [0.3, 0.4) is 0 Å². The number of carboxylic acid groups (broad SMARTS) is 2. The van der Waals surface area contributed by atoms with Gasteiger partial charge in [0.05, 0.1) is 0 Å². The molecule has 0 spiro atoms. The van der Waals surface area contributed by atoms with E-state index >= 15 is 0 Å². The normalized spacial score (nSPS) is 12.0. The average molecular weight is 585 g/mol. The van der Waals surface area contributed by atoms with E-state index in [-0.39, 0.29) is 0 Å². The topological polar surface area (TPSA) is 74.6 Å². The molecule has 0 fully saturated rings. The SMILES string of the molecule is CCCCCCCCCC=CC=CC=CC=CC=CC=CC(=O)O.CCCCCCCCCCCCCCCC(=O)O. The number of hydrogen-bond donors (Lipinski definition) is 2. The Bertz CT molecular complexity index is 755. The van der Waals surface area contributed by atoms with Gasteiger partial charge < -0.3 is 10.2 Å². The number of allylic oxidation sites excluding steroid dienone is 11. The average Bonchev–Trinajstić information content (AvgIpc) is 2.97. The van der Waals surface area contributed by atoms with Crippen LogP contribution in [0.25, 0.3) is 0 Å². The highest BCUT2D eigenvalue weighted by Gasteiger charge is 1.97. The highest BCUT2D eigenvalue weighted by Crippen LogP contribution is 2.13. The van der Waals surface area contributed by atoms with E-state index in [1.54, 1.807) is 12.2 Å². The van der Waals surface area contributed by atoms with E-state index in [0.717, 1.165) is 25.3 Å². The molecule has 0 saturated carbocycles. The summed E-state index contributed by atoms with van der Waals surface area (Å²) in [6.07, 6.45) is 50.0. The Morgan fingerprint density at radius 3 is 1.14 bits per heavy atom. The number of aliphatic carboxylic acids is 2. The second-order valence-corrected chi connectivity index (χ2v) is 11.0. The second-order valence-electron chi connectivity index (χ2n) is 11.0. The smallest absolute Gasteiger partial charge is 0.328 e. The van der Waals surface area contributed by atoms with Crippen molar-refractivity contribution >= 4 is 11.9 Å².